The third-order valence-electron chi connectivity index (χ3n) is 1.64. The second-order valence-corrected chi connectivity index (χ2v) is 3.66. The van der Waals surface area contributed by atoms with Gasteiger partial charge < -0.3 is 0 Å². The molecule has 0 N–H and O–H groups in total. The van der Waals surface area contributed by atoms with Crippen molar-refractivity contribution in [1.29, 1.82) is 0 Å². The van der Waals surface area contributed by atoms with Crippen LogP contribution in [0, 0.1) is 10.3 Å². The Morgan fingerprint density at radius 1 is 1.58 bits per heavy atom. The Kier molecular flexibility index (Phi) is 2.58. The van der Waals surface area contributed by atoms with Crippen LogP contribution in [0.2, 0.25) is 0 Å². The van der Waals surface area contributed by atoms with Gasteiger partial charge in [-0.05, 0) is 6.07 Å². The minimum absolute atomic E-state index is 0.103. The van der Waals surface area contributed by atoms with Gasteiger partial charge in [-0.3, -0.25) is 4.68 Å². The molecule has 0 aliphatic rings. The molecule has 1 heterocycles. The fourth-order valence-corrected chi connectivity index (χ4v) is 1.06. The molecule has 0 saturated heterocycles. The monoisotopic (exact) mass is 167 g/mol. The van der Waals surface area contributed by atoms with Gasteiger partial charge in [-0.15, -0.1) is 0 Å². The van der Waals surface area contributed by atoms with Gasteiger partial charge in [0.25, 0.3) is 0 Å². The summed E-state index contributed by atoms with van der Waals surface area (Å²) in [5.74, 6) is 0. The van der Waals surface area contributed by atoms with Crippen molar-refractivity contribution < 1.29 is 0 Å². The van der Waals surface area contributed by atoms with E-state index in [4.69, 9.17) is 0 Å². The van der Waals surface area contributed by atoms with E-state index in [2.05, 4.69) is 10.3 Å². The molecule has 0 unspecified atom stereocenters. The summed E-state index contributed by atoms with van der Waals surface area (Å²) in [6.45, 7) is 5.05. The molecule has 66 valence electrons. The molecule has 0 aliphatic heterocycles. The summed E-state index contributed by atoms with van der Waals surface area (Å²) in [7, 11) is 0. The third kappa shape index (κ3) is 2.45. The molecule has 1 rings (SSSR count). The summed E-state index contributed by atoms with van der Waals surface area (Å²) < 4.78 is 1.81. The standard InChI is InChI=1S/C8H13N3O/c1-8(2,6-10-12)7-11-5-3-4-9-11/h3-5H,6-7H2,1-2H3. The van der Waals surface area contributed by atoms with Gasteiger partial charge in [0.1, 0.15) is 0 Å². The van der Waals surface area contributed by atoms with Crippen LogP contribution in [0.3, 0.4) is 0 Å². The van der Waals surface area contributed by atoms with Crippen LogP contribution in [0.25, 0.3) is 0 Å². The Hall–Kier alpha value is -1.19. The molecule has 0 fully saturated rings. The zero-order valence-electron chi connectivity index (χ0n) is 7.40. The maximum Gasteiger partial charge on any atom is 0.0879 e. The number of hydrogen-bond acceptors (Lipinski definition) is 3. The Labute approximate surface area is 71.6 Å². The Balaban J connectivity index is 2.55. The topological polar surface area (TPSA) is 47.2 Å². The predicted octanol–water partition coefficient (Wildman–Crippen LogP) is 1.68. The highest BCUT2D eigenvalue weighted by Gasteiger charge is 2.18. The van der Waals surface area contributed by atoms with Crippen molar-refractivity contribution in [3.05, 3.63) is 23.4 Å². The molecule has 1 aromatic rings. The molecule has 4 heteroatoms. The summed E-state index contributed by atoms with van der Waals surface area (Å²) in [4.78, 5) is 10.1. The fraction of sp³-hybridized carbons (Fsp3) is 0.625. The average molecular weight is 167 g/mol. The van der Waals surface area contributed by atoms with E-state index in [0.717, 1.165) is 6.54 Å². The van der Waals surface area contributed by atoms with E-state index in [0.29, 0.717) is 6.54 Å². The highest BCUT2D eigenvalue weighted by Crippen LogP contribution is 2.17. The van der Waals surface area contributed by atoms with Crippen molar-refractivity contribution >= 4 is 0 Å². The number of aromatic nitrogens is 2. The van der Waals surface area contributed by atoms with Gasteiger partial charge in [0, 0.05) is 24.4 Å². The van der Waals surface area contributed by atoms with Crippen molar-refractivity contribution in [2.75, 3.05) is 6.54 Å². The minimum atomic E-state index is -0.103. The van der Waals surface area contributed by atoms with Gasteiger partial charge >= 0.3 is 0 Å². The Bertz CT molecular complexity index is 241. The van der Waals surface area contributed by atoms with Gasteiger partial charge in [-0.25, -0.2) is 0 Å². The summed E-state index contributed by atoms with van der Waals surface area (Å²) in [6, 6.07) is 1.87. The van der Waals surface area contributed by atoms with E-state index >= 15 is 0 Å². The smallest absolute Gasteiger partial charge is 0.0879 e. The zero-order chi connectivity index (χ0) is 9.03. The first-order valence-corrected chi connectivity index (χ1v) is 3.91. The quantitative estimate of drug-likeness (QED) is 0.640. The number of hydrogen-bond donors (Lipinski definition) is 0. The van der Waals surface area contributed by atoms with Crippen LogP contribution in [0.4, 0.5) is 0 Å². The molecule has 0 radical (unpaired) electrons. The van der Waals surface area contributed by atoms with Gasteiger partial charge in [0.2, 0.25) is 0 Å². The van der Waals surface area contributed by atoms with Crippen LogP contribution >= 0.6 is 0 Å². The molecule has 4 nitrogen and oxygen atoms in total. The molecule has 0 spiro atoms. The van der Waals surface area contributed by atoms with E-state index in [-0.39, 0.29) is 5.41 Å². The second-order valence-electron chi connectivity index (χ2n) is 3.66. The van der Waals surface area contributed by atoms with Crippen LogP contribution in [0.5, 0.6) is 0 Å². The lowest BCUT2D eigenvalue weighted by atomic mass is 9.94. The summed E-state index contributed by atoms with van der Waals surface area (Å²) in [6.07, 6.45) is 3.61. The van der Waals surface area contributed by atoms with E-state index in [9.17, 15) is 4.91 Å². The van der Waals surface area contributed by atoms with Crippen molar-refractivity contribution in [1.82, 2.24) is 9.78 Å². The van der Waals surface area contributed by atoms with E-state index in [1.165, 1.54) is 0 Å². The largest absolute Gasteiger partial charge is 0.272 e. The summed E-state index contributed by atoms with van der Waals surface area (Å²) in [5.41, 5.74) is -0.103. The van der Waals surface area contributed by atoms with E-state index in [1.807, 2.05) is 30.8 Å². The fourth-order valence-electron chi connectivity index (χ4n) is 1.06. The van der Waals surface area contributed by atoms with E-state index in [1.54, 1.807) is 6.20 Å². The van der Waals surface area contributed by atoms with Gasteiger partial charge in [-0.2, -0.15) is 10.0 Å². The summed E-state index contributed by atoms with van der Waals surface area (Å²) in [5, 5.41) is 6.95. The highest BCUT2D eigenvalue weighted by molar-refractivity contribution is 4.81. The van der Waals surface area contributed by atoms with Crippen LogP contribution in [0.1, 0.15) is 13.8 Å². The maximum absolute atomic E-state index is 10.1. The van der Waals surface area contributed by atoms with Crippen molar-refractivity contribution in [3.8, 4) is 0 Å². The predicted molar refractivity (Wildman–Crippen MR) is 46.7 cm³/mol. The third-order valence-corrected chi connectivity index (χ3v) is 1.64. The first kappa shape index (κ1) is 8.90. The Morgan fingerprint density at radius 3 is 2.83 bits per heavy atom. The average Bonchev–Trinajstić information content (AvgIpc) is 2.38. The van der Waals surface area contributed by atoms with Crippen LogP contribution in [-0.4, -0.2) is 16.3 Å². The van der Waals surface area contributed by atoms with Gasteiger partial charge in [-0.1, -0.05) is 19.0 Å². The first-order chi connectivity index (χ1) is 5.64. The lowest BCUT2D eigenvalue weighted by Crippen LogP contribution is -2.23. The molecule has 0 bridgehead atoms. The number of rotatable bonds is 4. The molecule has 0 aliphatic carbocycles. The number of nitroso groups, excluding NO2 is 1. The first-order valence-electron chi connectivity index (χ1n) is 3.91. The molecule has 0 saturated carbocycles. The minimum Gasteiger partial charge on any atom is -0.272 e. The normalized spacial score (nSPS) is 11.5. The van der Waals surface area contributed by atoms with Gasteiger partial charge in [0.05, 0.1) is 6.54 Å². The molecule has 1 aromatic heterocycles. The van der Waals surface area contributed by atoms with Crippen LogP contribution < -0.4 is 0 Å². The summed E-state index contributed by atoms with van der Waals surface area (Å²) >= 11 is 0. The van der Waals surface area contributed by atoms with Crippen LogP contribution in [-0.2, 0) is 6.54 Å². The lowest BCUT2D eigenvalue weighted by Gasteiger charge is -2.20. The number of nitrogens with zero attached hydrogens (tertiary/aromatic N) is 3. The van der Waals surface area contributed by atoms with Crippen molar-refractivity contribution in [2.24, 2.45) is 10.6 Å². The molecule has 12 heavy (non-hydrogen) atoms. The molecule has 0 amide bonds. The molecule has 0 aromatic carbocycles. The maximum atomic E-state index is 10.1. The lowest BCUT2D eigenvalue weighted by molar-refractivity contribution is 0.302. The van der Waals surface area contributed by atoms with Crippen LogP contribution in [0.15, 0.2) is 23.6 Å². The van der Waals surface area contributed by atoms with E-state index < -0.39 is 0 Å². The highest BCUT2D eigenvalue weighted by atomic mass is 16.3. The Morgan fingerprint density at radius 2 is 2.33 bits per heavy atom. The van der Waals surface area contributed by atoms with Gasteiger partial charge in [0.15, 0.2) is 0 Å². The molecular formula is C8H13N3O. The zero-order valence-corrected chi connectivity index (χ0v) is 7.40. The second kappa shape index (κ2) is 3.47. The molecule has 0 atom stereocenters. The molecular weight excluding hydrogens is 154 g/mol. The van der Waals surface area contributed by atoms with Crippen molar-refractivity contribution in [2.45, 2.75) is 20.4 Å². The van der Waals surface area contributed by atoms with Crippen molar-refractivity contribution in [3.63, 3.8) is 0 Å². The SMILES string of the molecule is CC(C)(CN=O)Cn1cccn1.